The maximum absolute atomic E-state index is 13.3. The molecular formula is C20H16ClFN4O2. The highest BCUT2D eigenvalue weighted by Gasteiger charge is 2.18. The van der Waals surface area contributed by atoms with Crippen molar-refractivity contribution < 1.29 is 9.18 Å². The van der Waals surface area contributed by atoms with Crippen molar-refractivity contribution in [2.24, 2.45) is 0 Å². The molecule has 3 rings (SSSR count). The maximum atomic E-state index is 13.3. The molecule has 6 nitrogen and oxygen atoms in total. The molecule has 1 amide bonds. The summed E-state index contributed by atoms with van der Waals surface area (Å²) in [6, 6.07) is 10.8. The molecule has 0 unspecified atom stereocenters. The number of amides is 1. The first-order valence-electron chi connectivity index (χ1n) is 8.49. The average molecular weight is 399 g/mol. The van der Waals surface area contributed by atoms with Crippen LogP contribution in [0.5, 0.6) is 0 Å². The van der Waals surface area contributed by atoms with Crippen molar-refractivity contribution in [1.82, 2.24) is 9.55 Å². The van der Waals surface area contributed by atoms with Crippen LogP contribution in [-0.4, -0.2) is 22.0 Å². The van der Waals surface area contributed by atoms with Gasteiger partial charge in [0.25, 0.3) is 5.56 Å². The fourth-order valence-corrected chi connectivity index (χ4v) is 2.95. The zero-order valence-electron chi connectivity index (χ0n) is 15.0. The third kappa shape index (κ3) is 4.02. The van der Waals surface area contributed by atoms with Crippen molar-refractivity contribution >= 4 is 34.1 Å². The molecule has 28 heavy (non-hydrogen) atoms. The zero-order valence-corrected chi connectivity index (χ0v) is 15.8. The van der Waals surface area contributed by atoms with Gasteiger partial charge in [0.1, 0.15) is 12.4 Å². The smallest absolute Gasteiger partial charge is 0.261 e. The minimum absolute atomic E-state index is 0.136. The van der Waals surface area contributed by atoms with Gasteiger partial charge in [-0.3, -0.25) is 14.2 Å². The molecule has 0 saturated heterocycles. The number of aromatic nitrogens is 2. The van der Waals surface area contributed by atoms with E-state index in [9.17, 15) is 14.0 Å². The third-order valence-electron chi connectivity index (χ3n) is 4.29. The minimum atomic E-state index is -0.492. The topological polar surface area (TPSA) is 79.0 Å². The Morgan fingerprint density at radius 3 is 2.82 bits per heavy atom. The van der Waals surface area contributed by atoms with E-state index >= 15 is 0 Å². The predicted octanol–water partition coefficient (Wildman–Crippen LogP) is 3.44. The highest BCUT2D eigenvalue weighted by molar-refractivity contribution is 6.31. The van der Waals surface area contributed by atoms with Crippen LogP contribution in [0.25, 0.3) is 10.9 Å². The van der Waals surface area contributed by atoms with Gasteiger partial charge in [0.05, 0.1) is 29.7 Å². The molecule has 0 saturated carbocycles. The molecule has 2 aromatic carbocycles. The highest BCUT2D eigenvalue weighted by Crippen LogP contribution is 2.23. The SMILES string of the molecule is Cc1cc(N(CCC#N)C(=O)Cn2cnc3cc(F)ccc3c2=O)ccc1Cl. The lowest BCUT2D eigenvalue weighted by molar-refractivity contribution is -0.119. The van der Waals surface area contributed by atoms with Gasteiger partial charge in [-0.2, -0.15) is 5.26 Å². The monoisotopic (exact) mass is 398 g/mol. The van der Waals surface area contributed by atoms with Gasteiger partial charge in [-0.25, -0.2) is 9.37 Å². The van der Waals surface area contributed by atoms with E-state index in [1.807, 2.05) is 13.0 Å². The van der Waals surface area contributed by atoms with Crippen molar-refractivity contribution in [3.63, 3.8) is 0 Å². The molecule has 0 atom stereocenters. The Kier molecular flexibility index (Phi) is 5.71. The average Bonchev–Trinajstić information content (AvgIpc) is 2.67. The van der Waals surface area contributed by atoms with Crippen LogP contribution in [-0.2, 0) is 11.3 Å². The molecule has 0 fully saturated rings. The van der Waals surface area contributed by atoms with Crippen molar-refractivity contribution in [3.8, 4) is 6.07 Å². The molecule has 0 N–H and O–H groups in total. The molecule has 1 aromatic heterocycles. The van der Waals surface area contributed by atoms with E-state index in [1.165, 1.54) is 34.0 Å². The first-order chi connectivity index (χ1) is 13.4. The largest absolute Gasteiger partial charge is 0.310 e. The van der Waals surface area contributed by atoms with E-state index in [0.717, 1.165) is 5.56 Å². The molecular weight excluding hydrogens is 383 g/mol. The van der Waals surface area contributed by atoms with Crippen LogP contribution in [0.4, 0.5) is 10.1 Å². The lowest BCUT2D eigenvalue weighted by Crippen LogP contribution is -2.37. The summed E-state index contributed by atoms with van der Waals surface area (Å²) in [6.45, 7) is 1.74. The van der Waals surface area contributed by atoms with E-state index in [4.69, 9.17) is 16.9 Å². The van der Waals surface area contributed by atoms with Crippen LogP contribution in [0.1, 0.15) is 12.0 Å². The summed E-state index contributed by atoms with van der Waals surface area (Å²) >= 11 is 6.05. The van der Waals surface area contributed by atoms with E-state index in [2.05, 4.69) is 4.98 Å². The Balaban J connectivity index is 1.93. The van der Waals surface area contributed by atoms with Crippen LogP contribution in [0, 0.1) is 24.1 Å². The van der Waals surface area contributed by atoms with Crippen LogP contribution >= 0.6 is 11.6 Å². The zero-order chi connectivity index (χ0) is 20.3. The van der Waals surface area contributed by atoms with Gasteiger partial charge < -0.3 is 4.90 Å². The molecule has 0 spiro atoms. The summed E-state index contributed by atoms with van der Waals surface area (Å²) in [7, 11) is 0. The van der Waals surface area contributed by atoms with Gasteiger partial charge in [-0.15, -0.1) is 0 Å². The molecule has 3 aromatic rings. The van der Waals surface area contributed by atoms with Gasteiger partial charge in [0.2, 0.25) is 5.91 Å². The summed E-state index contributed by atoms with van der Waals surface area (Å²) in [6.07, 6.45) is 1.36. The molecule has 0 bridgehead atoms. The highest BCUT2D eigenvalue weighted by atomic mass is 35.5. The van der Waals surface area contributed by atoms with Crippen LogP contribution in [0.3, 0.4) is 0 Å². The number of hydrogen-bond donors (Lipinski definition) is 0. The number of nitrogens with zero attached hydrogens (tertiary/aromatic N) is 4. The van der Waals surface area contributed by atoms with E-state index in [0.29, 0.717) is 10.7 Å². The van der Waals surface area contributed by atoms with Gasteiger partial charge in [0, 0.05) is 23.3 Å². The predicted molar refractivity (Wildman–Crippen MR) is 105 cm³/mol. The van der Waals surface area contributed by atoms with E-state index in [1.54, 1.807) is 18.2 Å². The van der Waals surface area contributed by atoms with Crippen LogP contribution in [0.2, 0.25) is 5.02 Å². The number of nitriles is 1. The normalized spacial score (nSPS) is 10.6. The summed E-state index contributed by atoms with van der Waals surface area (Å²) < 4.78 is 14.5. The maximum Gasteiger partial charge on any atom is 0.261 e. The van der Waals surface area contributed by atoms with Gasteiger partial charge in [-0.1, -0.05) is 11.6 Å². The summed E-state index contributed by atoms with van der Waals surface area (Å²) in [4.78, 5) is 31.0. The Hall–Kier alpha value is -3.24. The van der Waals surface area contributed by atoms with Crippen molar-refractivity contribution in [2.75, 3.05) is 11.4 Å². The first-order valence-corrected chi connectivity index (χ1v) is 8.86. The van der Waals surface area contributed by atoms with Gasteiger partial charge in [0.15, 0.2) is 0 Å². The van der Waals surface area contributed by atoms with E-state index < -0.39 is 11.4 Å². The van der Waals surface area contributed by atoms with Crippen molar-refractivity contribution in [3.05, 3.63) is 69.5 Å². The van der Waals surface area contributed by atoms with Crippen molar-refractivity contribution in [1.29, 1.82) is 5.26 Å². The lowest BCUT2D eigenvalue weighted by atomic mass is 10.2. The lowest BCUT2D eigenvalue weighted by Gasteiger charge is -2.23. The molecule has 8 heteroatoms. The summed E-state index contributed by atoms with van der Waals surface area (Å²) in [5, 5.41) is 9.71. The molecule has 0 radical (unpaired) electrons. The Labute approximate surface area is 165 Å². The fourth-order valence-electron chi connectivity index (χ4n) is 2.83. The third-order valence-corrected chi connectivity index (χ3v) is 4.72. The molecule has 0 aliphatic carbocycles. The first kappa shape index (κ1) is 19.5. The number of carbonyl (C=O) groups excluding carboxylic acids is 1. The molecule has 142 valence electrons. The molecule has 0 aliphatic rings. The number of carbonyl (C=O) groups is 1. The second kappa shape index (κ2) is 8.19. The Bertz CT molecular complexity index is 1150. The number of halogens is 2. The second-order valence-electron chi connectivity index (χ2n) is 6.23. The van der Waals surface area contributed by atoms with Gasteiger partial charge >= 0.3 is 0 Å². The number of aryl methyl sites for hydroxylation is 1. The quantitative estimate of drug-likeness (QED) is 0.659. The summed E-state index contributed by atoms with van der Waals surface area (Å²) in [5.41, 5.74) is 1.17. The van der Waals surface area contributed by atoms with E-state index in [-0.39, 0.29) is 36.3 Å². The van der Waals surface area contributed by atoms with Crippen LogP contribution in [0.15, 0.2) is 47.5 Å². The number of fused-ring (bicyclic) bond motifs is 1. The Morgan fingerprint density at radius 1 is 1.32 bits per heavy atom. The van der Waals surface area contributed by atoms with Gasteiger partial charge in [-0.05, 0) is 42.8 Å². The fraction of sp³-hybridized carbons (Fsp3) is 0.200. The van der Waals surface area contributed by atoms with Crippen LogP contribution < -0.4 is 10.5 Å². The second-order valence-corrected chi connectivity index (χ2v) is 6.63. The standard InChI is InChI=1S/C20H16ClFN4O2/c1-13-9-15(4-6-17(13)21)26(8-2-7-23)19(27)11-25-12-24-18-10-14(22)3-5-16(18)20(25)28/h3-6,9-10,12H,2,8,11H2,1H3. The summed E-state index contributed by atoms with van der Waals surface area (Å²) in [5.74, 6) is -0.864. The molecule has 0 aliphatic heterocycles. The number of rotatable bonds is 5. The number of anilines is 1. The Morgan fingerprint density at radius 2 is 2.11 bits per heavy atom. The number of hydrogen-bond acceptors (Lipinski definition) is 4. The van der Waals surface area contributed by atoms with Crippen molar-refractivity contribution in [2.45, 2.75) is 19.9 Å². The molecule has 1 heterocycles. The minimum Gasteiger partial charge on any atom is -0.310 e. The number of benzene rings is 2.